The first kappa shape index (κ1) is 51.6. The largest absolute Gasteiger partial charge is 1.00 e. The third kappa shape index (κ3) is 61.7. The van der Waals surface area contributed by atoms with Crippen LogP contribution in [0.4, 0.5) is 0 Å². The van der Waals surface area contributed by atoms with Gasteiger partial charge >= 0.3 is 59.1 Å². The van der Waals surface area contributed by atoms with Crippen molar-refractivity contribution in [3.63, 3.8) is 0 Å². The molecule has 44 heavy (non-hydrogen) atoms. The van der Waals surface area contributed by atoms with Gasteiger partial charge in [0.2, 0.25) is 0 Å². The summed E-state index contributed by atoms with van der Waals surface area (Å²) in [5, 5.41) is 0. The van der Waals surface area contributed by atoms with Crippen LogP contribution < -0.4 is 59.1 Å². The quantitative estimate of drug-likeness (QED) is 0.0344. The average molecular weight is 657 g/mol. The van der Waals surface area contributed by atoms with Crippen molar-refractivity contribution in [1.29, 1.82) is 0 Å². The van der Waals surface area contributed by atoms with Crippen LogP contribution in [0.5, 0.6) is 0 Å². The second kappa shape index (κ2) is 45.9. The molecule has 0 aromatic rings. The Kier molecular flexibility index (Phi) is 53.9. The van der Waals surface area contributed by atoms with Crippen molar-refractivity contribution in [3.05, 3.63) is 48.6 Å². The Morgan fingerprint density at radius 1 is 0.432 bits per heavy atom. The summed E-state index contributed by atoms with van der Waals surface area (Å²) in [6.45, 7) is 6.47. The standard InChI is InChI=1S/C36H66O.2Na.H2O4S/c1-3-5-7-9-11-13-15-17-19-21-23-25-27-29-31-33-35-37-36-34-32-30-28-26-24-22-20-18-16-14-12-10-8-6-4-2;;;1-5(2,3)4/h11-14,17-20H,3-10,15-16,21-36H2,1-2H3;;;(H2,1,2,3,4)/q;2*+1;/p-2. The van der Waals surface area contributed by atoms with Gasteiger partial charge in [-0.05, 0) is 77.0 Å². The minimum atomic E-state index is -5.17. The molecule has 0 rings (SSSR count). The van der Waals surface area contributed by atoms with Crippen LogP contribution >= 0.6 is 0 Å². The van der Waals surface area contributed by atoms with E-state index in [-0.39, 0.29) is 59.1 Å². The average Bonchev–Trinajstić information content (AvgIpc) is 2.94. The molecule has 0 aliphatic rings. The van der Waals surface area contributed by atoms with Gasteiger partial charge in [-0.15, -0.1) is 0 Å². The van der Waals surface area contributed by atoms with Crippen molar-refractivity contribution in [2.24, 2.45) is 0 Å². The van der Waals surface area contributed by atoms with E-state index in [0.29, 0.717) is 0 Å². The molecule has 0 radical (unpaired) electrons. The van der Waals surface area contributed by atoms with Crippen molar-refractivity contribution in [3.8, 4) is 0 Å². The number of unbranched alkanes of at least 4 members (excludes halogenated alkanes) is 18. The molecular weight excluding hydrogens is 590 g/mol. The molecule has 0 spiro atoms. The fourth-order valence-corrected chi connectivity index (χ4v) is 4.49. The number of hydrogen-bond donors (Lipinski definition) is 0. The van der Waals surface area contributed by atoms with Gasteiger partial charge < -0.3 is 13.8 Å². The second-order valence-corrected chi connectivity index (χ2v) is 12.0. The molecule has 5 nitrogen and oxygen atoms in total. The summed E-state index contributed by atoms with van der Waals surface area (Å²) in [4.78, 5) is 0. The van der Waals surface area contributed by atoms with Gasteiger partial charge in [-0.2, -0.15) is 0 Å². The van der Waals surface area contributed by atoms with Crippen LogP contribution in [0.25, 0.3) is 0 Å². The Bertz CT molecular complexity index is 683. The maximum atomic E-state index is 8.52. The molecule has 0 fully saturated rings. The summed E-state index contributed by atoms with van der Waals surface area (Å²) >= 11 is 0. The van der Waals surface area contributed by atoms with E-state index >= 15 is 0 Å². The molecule has 248 valence electrons. The van der Waals surface area contributed by atoms with E-state index in [9.17, 15) is 0 Å². The number of allylic oxidation sites excluding steroid dienone is 8. The Labute approximate surface area is 318 Å². The van der Waals surface area contributed by atoms with Gasteiger partial charge in [0.05, 0.1) is 0 Å². The van der Waals surface area contributed by atoms with Crippen molar-refractivity contribution in [1.82, 2.24) is 0 Å². The molecule has 8 heteroatoms. The summed E-state index contributed by atoms with van der Waals surface area (Å²) < 4.78 is 39.9. The van der Waals surface area contributed by atoms with Crippen LogP contribution in [0.15, 0.2) is 48.6 Å². The molecule has 0 amide bonds. The van der Waals surface area contributed by atoms with Crippen molar-refractivity contribution in [2.45, 2.75) is 168 Å². The number of hydrogen-bond acceptors (Lipinski definition) is 5. The van der Waals surface area contributed by atoms with Crippen LogP contribution in [0.3, 0.4) is 0 Å². The molecule has 0 atom stereocenters. The first-order chi connectivity index (χ1) is 20.4. The third-order valence-corrected chi connectivity index (χ3v) is 6.98. The molecule has 0 heterocycles. The predicted octanol–water partition coefficient (Wildman–Crippen LogP) is 5.30. The summed E-state index contributed by atoms with van der Waals surface area (Å²) in [6, 6.07) is 0. The molecular formula is C36H66Na2O5S. The third-order valence-electron chi connectivity index (χ3n) is 6.98. The van der Waals surface area contributed by atoms with Crippen LogP contribution in [0.2, 0.25) is 0 Å². The fourth-order valence-electron chi connectivity index (χ4n) is 4.49. The zero-order chi connectivity index (χ0) is 31.2. The maximum absolute atomic E-state index is 8.52. The van der Waals surface area contributed by atoms with E-state index in [1.807, 2.05) is 0 Å². The van der Waals surface area contributed by atoms with Gasteiger partial charge in [0.1, 0.15) is 0 Å². The molecule has 0 saturated heterocycles. The molecule has 0 N–H and O–H groups in total. The molecule has 0 aromatic carbocycles. The molecule has 0 aliphatic carbocycles. The Morgan fingerprint density at radius 2 is 0.682 bits per heavy atom. The van der Waals surface area contributed by atoms with Gasteiger partial charge in [0.15, 0.2) is 0 Å². The number of rotatable bonds is 30. The van der Waals surface area contributed by atoms with Gasteiger partial charge in [0.25, 0.3) is 0 Å². The summed E-state index contributed by atoms with van der Waals surface area (Å²) in [6.07, 6.45) is 50.2. The van der Waals surface area contributed by atoms with E-state index in [4.69, 9.17) is 22.3 Å². The van der Waals surface area contributed by atoms with E-state index < -0.39 is 10.4 Å². The predicted molar refractivity (Wildman–Crippen MR) is 180 cm³/mol. The van der Waals surface area contributed by atoms with E-state index in [1.54, 1.807) is 0 Å². The first-order valence-corrected chi connectivity index (χ1v) is 18.6. The zero-order valence-electron chi connectivity index (χ0n) is 29.5. The topological polar surface area (TPSA) is 89.5 Å². The maximum Gasteiger partial charge on any atom is 1.00 e. The molecule has 0 aromatic heterocycles. The van der Waals surface area contributed by atoms with E-state index in [0.717, 1.165) is 26.1 Å². The Hall–Kier alpha value is 0.790. The summed E-state index contributed by atoms with van der Waals surface area (Å²) in [5.74, 6) is 0. The molecule has 0 saturated carbocycles. The SMILES string of the molecule is CCCCCC=CCC=CCCCCCCCCOCCCCCCCCC=CCC=CCCCCC.O=S(=O)([O-])[O-].[Na+].[Na+]. The van der Waals surface area contributed by atoms with Gasteiger partial charge in [-0.25, -0.2) is 0 Å². The van der Waals surface area contributed by atoms with Gasteiger partial charge in [-0.1, -0.05) is 140 Å². The fraction of sp³-hybridized carbons (Fsp3) is 0.778. The minimum absolute atomic E-state index is 0. The van der Waals surface area contributed by atoms with Gasteiger partial charge in [0, 0.05) is 23.6 Å². The molecule has 0 aliphatic heterocycles. The van der Waals surface area contributed by atoms with E-state index in [2.05, 4.69) is 62.5 Å². The van der Waals surface area contributed by atoms with Crippen LogP contribution in [0.1, 0.15) is 168 Å². The monoisotopic (exact) mass is 656 g/mol. The molecule has 0 bridgehead atoms. The smallest absolute Gasteiger partial charge is 0.759 e. The van der Waals surface area contributed by atoms with Crippen molar-refractivity contribution in [2.75, 3.05) is 13.2 Å². The summed E-state index contributed by atoms with van der Waals surface area (Å²) in [7, 11) is -5.17. The van der Waals surface area contributed by atoms with E-state index in [1.165, 1.54) is 141 Å². The number of ether oxygens (including phenoxy) is 1. The van der Waals surface area contributed by atoms with Crippen LogP contribution in [0, 0.1) is 0 Å². The normalized spacial score (nSPS) is 11.7. The van der Waals surface area contributed by atoms with Crippen molar-refractivity contribution >= 4 is 10.4 Å². The Morgan fingerprint density at radius 3 is 0.977 bits per heavy atom. The van der Waals surface area contributed by atoms with Crippen molar-refractivity contribution < 1.29 is 81.4 Å². The van der Waals surface area contributed by atoms with Crippen LogP contribution in [-0.2, 0) is 15.1 Å². The summed E-state index contributed by atoms with van der Waals surface area (Å²) in [5.41, 5.74) is 0. The Balaban J connectivity index is -0.00000105. The zero-order valence-corrected chi connectivity index (χ0v) is 34.3. The first-order valence-electron chi connectivity index (χ1n) is 17.3. The van der Waals surface area contributed by atoms with Gasteiger partial charge in [-0.3, -0.25) is 8.42 Å². The minimum Gasteiger partial charge on any atom is -0.759 e. The molecule has 0 unspecified atom stereocenters. The van der Waals surface area contributed by atoms with Crippen LogP contribution in [-0.4, -0.2) is 30.7 Å². The second-order valence-electron chi connectivity index (χ2n) is 11.2.